The van der Waals surface area contributed by atoms with E-state index in [9.17, 15) is 4.79 Å². The number of aromatic nitrogens is 3. The Bertz CT molecular complexity index is 397. The van der Waals surface area contributed by atoms with Gasteiger partial charge in [0.1, 0.15) is 5.69 Å². The number of hydrogen-bond acceptors (Lipinski definition) is 7. The van der Waals surface area contributed by atoms with Gasteiger partial charge in [0.25, 0.3) is 0 Å². The van der Waals surface area contributed by atoms with E-state index < -0.39 is 0 Å². The van der Waals surface area contributed by atoms with E-state index in [0.717, 1.165) is 6.54 Å². The van der Waals surface area contributed by atoms with Gasteiger partial charge in [-0.1, -0.05) is 5.21 Å². The zero-order valence-corrected chi connectivity index (χ0v) is 12.7. The second-order valence-electron chi connectivity index (χ2n) is 4.36. The van der Waals surface area contributed by atoms with Crippen LogP contribution >= 0.6 is 0 Å². The second kappa shape index (κ2) is 11.3. The van der Waals surface area contributed by atoms with Gasteiger partial charge < -0.3 is 19.5 Å². The van der Waals surface area contributed by atoms with E-state index in [0.29, 0.717) is 51.9 Å². The molecule has 120 valence electrons. The smallest absolute Gasteiger partial charge is 0.181 e. The van der Waals surface area contributed by atoms with Gasteiger partial charge in [0.2, 0.25) is 0 Å². The summed E-state index contributed by atoms with van der Waals surface area (Å²) in [6, 6.07) is 0. The van der Waals surface area contributed by atoms with Crippen molar-refractivity contribution < 1.29 is 19.0 Å². The van der Waals surface area contributed by atoms with Gasteiger partial charge in [-0.2, -0.15) is 0 Å². The average molecular weight is 300 g/mol. The number of hydrogen-bond donors (Lipinski definition) is 1. The highest BCUT2D eigenvalue weighted by atomic mass is 16.5. The largest absolute Gasteiger partial charge is 0.378 e. The van der Waals surface area contributed by atoms with Crippen molar-refractivity contribution in [2.45, 2.75) is 13.5 Å². The Balaban J connectivity index is 1.89. The van der Waals surface area contributed by atoms with Crippen molar-refractivity contribution in [2.75, 3.05) is 53.2 Å². The third-order valence-corrected chi connectivity index (χ3v) is 2.60. The predicted molar refractivity (Wildman–Crippen MR) is 76.4 cm³/mol. The van der Waals surface area contributed by atoms with Crippen LogP contribution in [-0.2, 0) is 20.8 Å². The highest BCUT2D eigenvalue weighted by Crippen LogP contribution is 1.94. The minimum Gasteiger partial charge on any atom is -0.378 e. The van der Waals surface area contributed by atoms with E-state index in [2.05, 4.69) is 15.6 Å². The Morgan fingerprint density at radius 1 is 1.14 bits per heavy atom. The van der Waals surface area contributed by atoms with Crippen LogP contribution in [0, 0.1) is 0 Å². The lowest BCUT2D eigenvalue weighted by Gasteiger charge is -2.06. The molecular formula is C13H24N4O4. The normalized spacial score (nSPS) is 11.0. The summed E-state index contributed by atoms with van der Waals surface area (Å²) >= 11 is 0. The van der Waals surface area contributed by atoms with E-state index in [4.69, 9.17) is 14.2 Å². The van der Waals surface area contributed by atoms with Gasteiger partial charge in [-0.25, -0.2) is 4.68 Å². The number of carbonyl (C=O) groups is 1. The van der Waals surface area contributed by atoms with Crippen molar-refractivity contribution in [1.29, 1.82) is 0 Å². The topological polar surface area (TPSA) is 87.5 Å². The number of carbonyl (C=O) groups excluding carboxylic acids is 1. The van der Waals surface area contributed by atoms with Crippen LogP contribution in [0.5, 0.6) is 0 Å². The SMILES string of the molecule is CNCCOCCOCCOCCn1cc(C(C)=O)nn1. The molecule has 8 nitrogen and oxygen atoms in total. The zero-order chi connectivity index (χ0) is 15.3. The lowest BCUT2D eigenvalue weighted by Crippen LogP contribution is -2.17. The van der Waals surface area contributed by atoms with Gasteiger partial charge >= 0.3 is 0 Å². The van der Waals surface area contributed by atoms with Crippen molar-refractivity contribution in [2.24, 2.45) is 0 Å². The van der Waals surface area contributed by atoms with Gasteiger partial charge in [0, 0.05) is 13.5 Å². The van der Waals surface area contributed by atoms with Crippen LogP contribution in [0.15, 0.2) is 6.20 Å². The standard InChI is InChI=1S/C13H24N4O4/c1-12(18)13-11-17(16-15-13)4-6-20-8-10-21-9-7-19-5-3-14-2/h11,14H,3-10H2,1-2H3. The number of ketones is 1. The zero-order valence-electron chi connectivity index (χ0n) is 12.7. The van der Waals surface area contributed by atoms with Crippen LogP contribution in [0.25, 0.3) is 0 Å². The molecule has 0 aliphatic carbocycles. The summed E-state index contributed by atoms with van der Waals surface area (Å²) < 4.78 is 17.7. The maximum atomic E-state index is 11.0. The quantitative estimate of drug-likeness (QED) is 0.397. The van der Waals surface area contributed by atoms with Crippen LogP contribution in [-0.4, -0.2) is 74.0 Å². The fourth-order valence-electron chi connectivity index (χ4n) is 1.44. The number of likely N-dealkylation sites (N-methyl/N-ethyl adjacent to an activating group) is 1. The molecular weight excluding hydrogens is 276 g/mol. The van der Waals surface area contributed by atoms with Gasteiger partial charge in [0.05, 0.1) is 52.4 Å². The van der Waals surface area contributed by atoms with Crippen LogP contribution in [0.1, 0.15) is 17.4 Å². The maximum Gasteiger partial charge on any atom is 0.181 e. The molecule has 1 heterocycles. The third kappa shape index (κ3) is 8.51. The molecule has 0 aliphatic rings. The summed E-state index contributed by atoms with van der Waals surface area (Å²) in [6.45, 7) is 6.27. The van der Waals surface area contributed by atoms with Crippen molar-refractivity contribution in [1.82, 2.24) is 20.3 Å². The molecule has 0 saturated carbocycles. The second-order valence-corrected chi connectivity index (χ2v) is 4.36. The Morgan fingerprint density at radius 2 is 1.76 bits per heavy atom. The summed E-state index contributed by atoms with van der Waals surface area (Å²) in [4.78, 5) is 11.0. The fourth-order valence-corrected chi connectivity index (χ4v) is 1.44. The Labute approximate surface area is 124 Å². The number of nitrogens with zero attached hydrogens (tertiary/aromatic N) is 3. The highest BCUT2D eigenvalue weighted by molar-refractivity contribution is 5.91. The van der Waals surface area contributed by atoms with Crippen LogP contribution in [0.3, 0.4) is 0 Å². The maximum absolute atomic E-state index is 11.0. The molecule has 0 aromatic carbocycles. The van der Waals surface area contributed by atoms with Crippen molar-refractivity contribution in [3.63, 3.8) is 0 Å². The summed E-state index contributed by atoms with van der Waals surface area (Å²) in [7, 11) is 1.89. The molecule has 0 spiro atoms. The molecule has 1 aromatic rings. The van der Waals surface area contributed by atoms with E-state index >= 15 is 0 Å². The van der Waals surface area contributed by atoms with Gasteiger partial charge in [-0.3, -0.25) is 4.79 Å². The number of nitrogens with one attached hydrogen (secondary N) is 1. The number of rotatable bonds is 13. The van der Waals surface area contributed by atoms with E-state index in [1.807, 2.05) is 7.05 Å². The van der Waals surface area contributed by atoms with Gasteiger partial charge in [-0.05, 0) is 7.05 Å². The van der Waals surface area contributed by atoms with Crippen LogP contribution < -0.4 is 5.32 Å². The van der Waals surface area contributed by atoms with E-state index in [1.165, 1.54) is 6.92 Å². The first-order valence-electron chi connectivity index (χ1n) is 7.03. The first-order valence-corrected chi connectivity index (χ1v) is 7.03. The molecule has 21 heavy (non-hydrogen) atoms. The van der Waals surface area contributed by atoms with Crippen LogP contribution in [0.2, 0.25) is 0 Å². The Hall–Kier alpha value is -1.35. The van der Waals surface area contributed by atoms with E-state index in [-0.39, 0.29) is 5.78 Å². The molecule has 1 N–H and O–H groups in total. The van der Waals surface area contributed by atoms with Gasteiger partial charge in [0.15, 0.2) is 5.78 Å². The Morgan fingerprint density at radius 3 is 2.33 bits per heavy atom. The monoisotopic (exact) mass is 300 g/mol. The molecule has 1 rings (SSSR count). The fraction of sp³-hybridized carbons (Fsp3) is 0.769. The molecule has 8 heteroatoms. The average Bonchev–Trinajstić information content (AvgIpc) is 2.94. The lowest BCUT2D eigenvalue weighted by atomic mass is 10.3. The molecule has 0 radical (unpaired) electrons. The molecule has 0 saturated heterocycles. The molecule has 0 aliphatic heterocycles. The predicted octanol–water partition coefficient (Wildman–Crippen LogP) is -0.250. The number of Topliss-reactive ketones (excluding diaryl/α,β-unsaturated/α-hetero) is 1. The molecule has 0 unspecified atom stereocenters. The summed E-state index contributed by atoms with van der Waals surface area (Å²) in [5.41, 5.74) is 0.372. The minimum absolute atomic E-state index is 0.0903. The summed E-state index contributed by atoms with van der Waals surface area (Å²) in [5, 5.41) is 10.6. The van der Waals surface area contributed by atoms with Crippen molar-refractivity contribution >= 4 is 5.78 Å². The molecule has 0 atom stereocenters. The van der Waals surface area contributed by atoms with Crippen molar-refractivity contribution in [3.8, 4) is 0 Å². The lowest BCUT2D eigenvalue weighted by molar-refractivity contribution is 0.0134. The summed E-state index contributed by atoms with van der Waals surface area (Å²) in [5.74, 6) is -0.0903. The van der Waals surface area contributed by atoms with Crippen molar-refractivity contribution in [3.05, 3.63) is 11.9 Å². The first-order chi connectivity index (χ1) is 10.2. The first kappa shape index (κ1) is 17.7. The van der Waals surface area contributed by atoms with Crippen LogP contribution in [0.4, 0.5) is 0 Å². The number of ether oxygens (including phenoxy) is 3. The molecule has 1 aromatic heterocycles. The van der Waals surface area contributed by atoms with E-state index in [1.54, 1.807) is 10.9 Å². The van der Waals surface area contributed by atoms with Gasteiger partial charge in [-0.15, -0.1) is 5.10 Å². The molecule has 0 fully saturated rings. The molecule has 0 bridgehead atoms. The molecule has 0 amide bonds. The minimum atomic E-state index is -0.0903. The highest BCUT2D eigenvalue weighted by Gasteiger charge is 2.04. The summed E-state index contributed by atoms with van der Waals surface area (Å²) in [6.07, 6.45) is 1.62. The third-order valence-electron chi connectivity index (χ3n) is 2.60. The Kier molecular flexibility index (Phi) is 9.55.